The standard InChI is InChI=1S/C26H24ClN7O/c1-15-30-20-4-3-19(11-22(20)31-15)35-24-6-5-21-26(25(24)27)32-23(13-28-21)16-12-29-34(14-16)18-9-17(10-18)33-7-2-8-33/h3-6,11-14,17-18H,2,7-10H2,1H3,(H,30,31). The number of nitrogens with one attached hydrogen (secondary N) is 1. The van der Waals surface area contributed by atoms with Gasteiger partial charge in [-0.3, -0.25) is 9.67 Å². The van der Waals surface area contributed by atoms with E-state index in [1.54, 1.807) is 6.20 Å². The van der Waals surface area contributed by atoms with Crippen LogP contribution in [-0.2, 0) is 0 Å². The molecule has 176 valence electrons. The molecule has 4 heterocycles. The largest absolute Gasteiger partial charge is 0.456 e. The second kappa shape index (κ2) is 8.03. The second-order valence-electron chi connectivity index (χ2n) is 9.48. The van der Waals surface area contributed by atoms with E-state index in [1.807, 2.05) is 43.5 Å². The number of hydrogen-bond donors (Lipinski definition) is 1. The Morgan fingerprint density at radius 3 is 2.71 bits per heavy atom. The van der Waals surface area contributed by atoms with Crippen LogP contribution in [0.15, 0.2) is 48.9 Å². The summed E-state index contributed by atoms with van der Waals surface area (Å²) in [5, 5.41) is 5.05. The molecule has 0 spiro atoms. The normalized spacial score (nSPS) is 20.2. The van der Waals surface area contributed by atoms with Gasteiger partial charge in [0.15, 0.2) is 0 Å². The molecule has 1 saturated carbocycles. The van der Waals surface area contributed by atoms with Crippen molar-refractivity contribution >= 4 is 33.7 Å². The molecule has 5 aromatic rings. The number of rotatable bonds is 5. The Bertz CT molecular complexity index is 1570. The molecule has 1 aliphatic carbocycles. The van der Waals surface area contributed by atoms with Gasteiger partial charge in [-0.15, -0.1) is 0 Å². The van der Waals surface area contributed by atoms with E-state index in [1.165, 1.54) is 32.4 Å². The summed E-state index contributed by atoms with van der Waals surface area (Å²) in [7, 11) is 0. The molecule has 0 bridgehead atoms. The van der Waals surface area contributed by atoms with E-state index < -0.39 is 0 Å². The van der Waals surface area contributed by atoms with E-state index in [-0.39, 0.29) is 0 Å². The SMILES string of the molecule is Cc1nc2ccc(Oc3ccc4ncc(-c5cnn(C6CC(N7CCC7)C6)c5)nc4c3Cl)cc2[nH]1. The van der Waals surface area contributed by atoms with E-state index >= 15 is 0 Å². The highest BCUT2D eigenvalue weighted by atomic mass is 35.5. The van der Waals surface area contributed by atoms with E-state index in [9.17, 15) is 0 Å². The molecule has 8 nitrogen and oxygen atoms in total. The van der Waals surface area contributed by atoms with Crippen molar-refractivity contribution < 1.29 is 4.74 Å². The number of benzene rings is 2. The molecule has 0 unspecified atom stereocenters. The third-order valence-electron chi connectivity index (χ3n) is 7.18. The molecule has 2 aromatic carbocycles. The summed E-state index contributed by atoms with van der Waals surface area (Å²) in [4.78, 5) is 19.7. The van der Waals surface area contributed by atoms with Crippen molar-refractivity contribution in [2.45, 2.75) is 38.3 Å². The lowest BCUT2D eigenvalue weighted by molar-refractivity contribution is 0.0322. The predicted molar refractivity (Wildman–Crippen MR) is 135 cm³/mol. The molecule has 1 N–H and O–H groups in total. The monoisotopic (exact) mass is 485 g/mol. The minimum absolute atomic E-state index is 0.432. The number of aromatic amines is 1. The number of aromatic nitrogens is 6. The molecule has 2 fully saturated rings. The maximum Gasteiger partial charge on any atom is 0.148 e. The van der Waals surface area contributed by atoms with Crippen LogP contribution in [0.3, 0.4) is 0 Å². The lowest BCUT2D eigenvalue weighted by Gasteiger charge is -2.47. The van der Waals surface area contributed by atoms with Crippen LogP contribution < -0.4 is 4.74 Å². The molecular formula is C26H24ClN7O. The number of nitrogens with zero attached hydrogens (tertiary/aromatic N) is 6. The van der Waals surface area contributed by atoms with Crippen molar-refractivity contribution in [1.82, 2.24) is 34.6 Å². The summed E-state index contributed by atoms with van der Waals surface area (Å²) >= 11 is 6.75. The first-order valence-corrected chi connectivity index (χ1v) is 12.4. The summed E-state index contributed by atoms with van der Waals surface area (Å²) in [5.41, 5.74) is 4.82. The highest BCUT2D eigenvalue weighted by Crippen LogP contribution is 2.39. The molecular weight excluding hydrogens is 462 g/mol. The maximum atomic E-state index is 6.75. The summed E-state index contributed by atoms with van der Waals surface area (Å²) in [5.74, 6) is 2.06. The fourth-order valence-corrected chi connectivity index (χ4v) is 5.24. The van der Waals surface area contributed by atoms with Crippen molar-refractivity contribution in [3.8, 4) is 22.8 Å². The minimum Gasteiger partial charge on any atom is -0.456 e. The second-order valence-corrected chi connectivity index (χ2v) is 9.86. The van der Waals surface area contributed by atoms with Gasteiger partial charge in [-0.1, -0.05) is 11.6 Å². The Morgan fingerprint density at radius 1 is 1.03 bits per heavy atom. The number of H-pyrrole nitrogens is 1. The van der Waals surface area contributed by atoms with Gasteiger partial charge >= 0.3 is 0 Å². The zero-order valence-electron chi connectivity index (χ0n) is 19.3. The van der Waals surface area contributed by atoms with Gasteiger partial charge in [-0.2, -0.15) is 5.10 Å². The number of imidazole rings is 1. The van der Waals surface area contributed by atoms with Crippen LogP contribution in [0.25, 0.3) is 33.3 Å². The molecule has 0 atom stereocenters. The van der Waals surface area contributed by atoms with Crippen LogP contribution in [0.4, 0.5) is 0 Å². The van der Waals surface area contributed by atoms with Crippen LogP contribution in [-0.4, -0.2) is 53.7 Å². The van der Waals surface area contributed by atoms with Gasteiger partial charge in [0.2, 0.25) is 0 Å². The number of fused-ring (bicyclic) bond motifs is 2. The van der Waals surface area contributed by atoms with Crippen molar-refractivity contribution in [2.24, 2.45) is 0 Å². The van der Waals surface area contributed by atoms with Gasteiger partial charge in [0.1, 0.15) is 27.9 Å². The van der Waals surface area contributed by atoms with Crippen LogP contribution in [0.1, 0.15) is 31.1 Å². The van der Waals surface area contributed by atoms with Gasteiger partial charge in [0.05, 0.1) is 40.7 Å². The number of ether oxygens (including phenoxy) is 1. The number of hydrogen-bond acceptors (Lipinski definition) is 6. The lowest BCUT2D eigenvalue weighted by Crippen LogP contribution is -2.51. The smallest absolute Gasteiger partial charge is 0.148 e. The Balaban J connectivity index is 1.15. The molecule has 1 aliphatic heterocycles. The molecule has 0 amide bonds. The third-order valence-corrected chi connectivity index (χ3v) is 7.55. The van der Waals surface area contributed by atoms with Crippen LogP contribution in [0, 0.1) is 6.92 Å². The summed E-state index contributed by atoms with van der Waals surface area (Å²) in [6.07, 6.45) is 9.38. The van der Waals surface area contributed by atoms with Crippen molar-refractivity contribution in [1.29, 1.82) is 0 Å². The molecule has 7 rings (SSSR count). The Labute approximate surface area is 206 Å². The van der Waals surface area contributed by atoms with E-state index in [0.29, 0.717) is 28.1 Å². The van der Waals surface area contributed by atoms with Crippen molar-refractivity contribution in [2.75, 3.05) is 13.1 Å². The zero-order chi connectivity index (χ0) is 23.5. The number of aryl methyl sites for hydroxylation is 1. The molecule has 3 aromatic heterocycles. The molecule has 2 aliphatic rings. The van der Waals surface area contributed by atoms with Crippen molar-refractivity contribution in [3.05, 3.63) is 59.8 Å². The Kier molecular flexibility index (Phi) is 4.78. The molecule has 1 saturated heterocycles. The fourth-order valence-electron chi connectivity index (χ4n) is 5.00. The summed E-state index contributed by atoms with van der Waals surface area (Å²) in [6.45, 7) is 4.42. The average Bonchev–Trinajstić information content (AvgIpc) is 3.42. The molecule has 0 radical (unpaired) electrons. The minimum atomic E-state index is 0.432. The van der Waals surface area contributed by atoms with E-state index in [2.05, 4.69) is 35.8 Å². The average molecular weight is 486 g/mol. The predicted octanol–water partition coefficient (Wildman–Crippen LogP) is 5.53. The summed E-state index contributed by atoms with van der Waals surface area (Å²) < 4.78 is 8.19. The first-order valence-electron chi connectivity index (χ1n) is 12.0. The first kappa shape index (κ1) is 20.8. The maximum absolute atomic E-state index is 6.75. The van der Waals surface area contributed by atoms with Crippen LogP contribution in [0.5, 0.6) is 11.5 Å². The summed E-state index contributed by atoms with van der Waals surface area (Å²) in [6, 6.07) is 10.6. The third kappa shape index (κ3) is 3.64. The van der Waals surface area contributed by atoms with Gasteiger partial charge in [-0.05, 0) is 63.5 Å². The Morgan fingerprint density at radius 2 is 1.89 bits per heavy atom. The van der Waals surface area contributed by atoms with Crippen LogP contribution in [0.2, 0.25) is 5.02 Å². The van der Waals surface area contributed by atoms with Gasteiger partial charge in [-0.25, -0.2) is 9.97 Å². The van der Waals surface area contributed by atoms with Gasteiger partial charge in [0.25, 0.3) is 0 Å². The van der Waals surface area contributed by atoms with Gasteiger partial charge in [0, 0.05) is 23.9 Å². The van der Waals surface area contributed by atoms with Crippen LogP contribution >= 0.6 is 11.6 Å². The first-order chi connectivity index (χ1) is 17.1. The highest BCUT2D eigenvalue weighted by molar-refractivity contribution is 6.36. The molecule has 35 heavy (non-hydrogen) atoms. The molecule has 9 heteroatoms. The Hall–Kier alpha value is -3.49. The zero-order valence-corrected chi connectivity index (χ0v) is 20.0. The highest BCUT2D eigenvalue weighted by Gasteiger charge is 2.37. The quantitative estimate of drug-likeness (QED) is 0.352. The lowest BCUT2D eigenvalue weighted by atomic mass is 9.84. The van der Waals surface area contributed by atoms with E-state index in [4.69, 9.17) is 21.3 Å². The number of halogens is 1. The van der Waals surface area contributed by atoms with Gasteiger partial charge < -0.3 is 14.6 Å². The fraction of sp³-hybridized carbons (Fsp3) is 0.308. The number of likely N-dealkylation sites (tertiary alicyclic amines) is 1. The van der Waals surface area contributed by atoms with Crippen molar-refractivity contribution in [3.63, 3.8) is 0 Å². The topological polar surface area (TPSA) is 84.8 Å². The van der Waals surface area contributed by atoms with E-state index in [0.717, 1.165) is 39.7 Å².